The molecule has 90 valence electrons. The van der Waals surface area contributed by atoms with Crippen molar-refractivity contribution in [1.29, 1.82) is 0 Å². The van der Waals surface area contributed by atoms with E-state index in [4.69, 9.17) is 5.73 Å². The maximum absolute atomic E-state index is 10.3. The van der Waals surface area contributed by atoms with Crippen molar-refractivity contribution in [1.82, 2.24) is 0 Å². The largest absolute Gasteiger partial charge is 1.00 e. The first kappa shape index (κ1) is 21.2. The van der Waals surface area contributed by atoms with Gasteiger partial charge in [-0.25, -0.2) is 0 Å². The third-order valence-electron chi connectivity index (χ3n) is 1.82. The summed E-state index contributed by atoms with van der Waals surface area (Å²) in [5.74, 6) is -1.17. The first-order valence-corrected chi connectivity index (χ1v) is 5.52. The third-order valence-corrected chi connectivity index (χ3v) is 1.82. The van der Waals surface area contributed by atoms with Crippen molar-refractivity contribution >= 4 is 11.9 Å². The Hall–Kier alpha value is -0.0600. The van der Waals surface area contributed by atoms with E-state index in [0.717, 1.165) is 12.8 Å². The van der Waals surface area contributed by atoms with Gasteiger partial charge in [0.15, 0.2) is 0 Å². The second kappa shape index (κ2) is 17.3. The molecule has 0 rings (SSSR count). The first-order valence-electron chi connectivity index (χ1n) is 5.52. The van der Waals surface area contributed by atoms with Gasteiger partial charge in [0.2, 0.25) is 5.91 Å². The number of nitrogens with two attached hydrogens (primary N) is 1. The number of carbonyl (C=O) groups excluding carboxylic acids is 2. The summed E-state index contributed by atoms with van der Waals surface area (Å²) in [6.45, 7) is 3.71. The van der Waals surface area contributed by atoms with E-state index in [1.165, 1.54) is 26.2 Å². The van der Waals surface area contributed by atoms with Gasteiger partial charge < -0.3 is 15.6 Å². The van der Waals surface area contributed by atoms with E-state index in [9.17, 15) is 14.7 Å². The predicted octanol–water partition coefficient (Wildman–Crippen LogP) is -2.02. The number of carboxylic acids is 1. The third kappa shape index (κ3) is 29.2. The minimum Gasteiger partial charge on any atom is -0.550 e. The van der Waals surface area contributed by atoms with E-state index in [1.807, 2.05) is 0 Å². The van der Waals surface area contributed by atoms with Crippen molar-refractivity contribution in [3.05, 3.63) is 0 Å². The fourth-order valence-corrected chi connectivity index (χ4v) is 0.903. The standard InChI is InChI=1S/C8H17NO.C3H6O2.Na/c1-2-3-4-5-6-7-8(9)10;1-2-3(4)5;/h2-7H2,1H3,(H2,9,10);2H2,1H3,(H,4,5);/q;;+1/p-1. The van der Waals surface area contributed by atoms with E-state index in [1.54, 1.807) is 0 Å². The van der Waals surface area contributed by atoms with Crippen LogP contribution < -0.4 is 40.4 Å². The fraction of sp³-hybridized carbons (Fsp3) is 0.818. The molecule has 16 heavy (non-hydrogen) atoms. The van der Waals surface area contributed by atoms with Crippen LogP contribution in [0.5, 0.6) is 0 Å². The molecule has 0 unspecified atom stereocenters. The summed E-state index contributed by atoms with van der Waals surface area (Å²) in [5.41, 5.74) is 4.97. The van der Waals surface area contributed by atoms with Crippen LogP contribution in [0.1, 0.15) is 58.8 Å². The molecule has 0 saturated carbocycles. The van der Waals surface area contributed by atoms with Crippen molar-refractivity contribution in [2.45, 2.75) is 58.8 Å². The number of unbranched alkanes of at least 4 members (excludes halogenated alkanes) is 4. The summed E-state index contributed by atoms with van der Waals surface area (Å²) in [4.78, 5) is 19.5. The molecule has 0 aliphatic carbocycles. The summed E-state index contributed by atoms with van der Waals surface area (Å²) in [6.07, 6.45) is 6.55. The summed E-state index contributed by atoms with van der Waals surface area (Å²) < 4.78 is 0. The molecule has 0 aromatic rings. The SMILES string of the molecule is CCC(=O)[O-].CCCCCCCC(N)=O.[Na+]. The van der Waals surface area contributed by atoms with Gasteiger partial charge in [0, 0.05) is 12.4 Å². The summed E-state index contributed by atoms with van der Waals surface area (Å²) in [7, 11) is 0. The monoisotopic (exact) mass is 239 g/mol. The molecule has 0 bridgehead atoms. The number of carbonyl (C=O) groups is 2. The Morgan fingerprint density at radius 3 is 1.81 bits per heavy atom. The number of aliphatic carboxylic acids is 1. The molecule has 0 radical (unpaired) electrons. The Morgan fingerprint density at radius 1 is 1.06 bits per heavy atom. The van der Waals surface area contributed by atoms with Crippen molar-refractivity contribution in [3.63, 3.8) is 0 Å². The molecule has 0 fully saturated rings. The maximum Gasteiger partial charge on any atom is 1.00 e. The van der Waals surface area contributed by atoms with Crippen LogP contribution in [0.3, 0.4) is 0 Å². The van der Waals surface area contributed by atoms with Gasteiger partial charge in [0.05, 0.1) is 0 Å². The van der Waals surface area contributed by atoms with Crippen LogP contribution in [0.4, 0.5) is 0 Å². The van der Waals surface area contributed by atoms with Gasteiger partial charge in [-0.05, 0) is 12.8 Å². The van der Waals surface area contributed by atoms with Gasteiger partial charge in [-0.15, -0.1) is 0 Å². The van der Waals surface area contributed by atoms with Gasteiger partial charge in [-0.2, -0.15) is 0 Å². The zero-order chi connectivity index (χ0) is 12.1. The summed E-state index contributed by atoms with van der Waals surface area (Å²) >= 11 is 0. The number of hydrogen-bond donors (Lipinski definition) is 1. The van der Waals surface area contributed by atoms with Crippen molar-refractivity contribution < 1.29 is 44.3 Å². The molecule has 0 atom stereocenters. The minimum atomic E-state index is -0.995. The molecule has 5 heteroatoms. The number of primary amides is 1. The molecule has 0 aliphatic heterocycles. The van der Waals surface area contributed by atoms with E-state index < -0.39 is 5.97 Å². The molecule has 0 aromatic heterocycles. The Morgan fingerprint density at radius 2 is 1.50 bits per heavy atom. The molecule has 4 nitrogen and oxygen atoms in total. The van der Waals surface area contributed by atoms with E-state index >= 15 is 0 Å². The van der Waals surface area contributed by atoms with Gasteiger partial charge in [0.1, 0.15) is 0 Å². The van der Waals surface area contributed by atoms with Crippen LogP contribution in [0.25, 0.3) is 0 Å². The van der Waals surface area contributed by atoms with Crippen LogP contribution in [-0.2, 0) is 9.59 Å². The predicted molar refractivity (Wildman–Crippen MR) is 57.9 cm³/mol. The van der Waals surface area contributed by atoms with E-state index in [-0.39, 0.29) is 41.9 Å². The Bertz CT molecular complexity index is 175. The molecule has 1 amide bonds. The molecule has 0 aromatic carbocycles. The van der Waals surface area contributed by atoms with Crippen LogP contribution in [0.15, 0.2) is 0 Å². The van der Waals surface area contributed by atoms with Gasteiger partial charge >= 0.3 is 29.6 Å². The summed E-state index contributed by atoms with van der Waals surface area (Å²) in [5, 5.41) is 9.26. The van der Waals surface area contributed by atoms with E-state index in [2.05, 4.69) is 6.92 Å². The van der Waals surface area contributed by atoms with Crippen LogP contribution >= 0.6 is 0 Å². The molecule has 0 heterocycles. The van der Waals surface area contributed by atoms with Crippen LogP contribution in [0, 0.1) is 0 Å². The van der Waals surface area contributed by atoms with Crippen LogP contribution in [-0.4, -0.2) is 11.9 Å². The number of amides is 1. The van der Waals surface area contributed by atoms with Crippen molar-refractivity contribution in [2.24, 2.45) is 5.73 Å². The smallest absolute Gasteiger partial charge is 0.550 e. The quantitative estimate of drug-likeness (QED) is 0.411. The molecule has 0 saturated heterocycles. The zero-order valence-electron chi connectivity index (χ0n) is 10.8. The van der Waals surface area contributed by atoms with Gasteiger partial charge in [-0.1, -0.05) is 39.5 Å². The molecular formula is C11H22NNaO3. The maximum atomic E-state index is 10.3. The van der Waals surface area contributed by atoms with Crippen molar-refractivity contribution in [2.75, 3.05) is 0 Å². The minimum absolute atomic E-state index is 0. The van der Waals surface area contributed by atoms with E-state index in [0.29, 0.717) is 6.42 Å². The number of carboxylic acid groups (broad SMARTS) is 1. The molecule has 0 aliphatic rings. The molecule has 2 N–H and O–H groups in total. The van der Waals surface area contributed by atoms with Crippen molar-refractivity contribution in [3.8, 4) is 0 Å². The van der Waals surface area contributed by atoms with Crippen LogP contribution in [0.2, 0.25) is 0 Å². The Balaban J connectivity index is -0.000000242. The molecular weight excluding hydrogens is 217 g/mol. The first-order chi connectivity index (χ1) is 7.04. The second-order valence-electron chi connectivity index (χ2n) is 3.36. The average molecular weight is 239 g/mol. The average Bonchev–Trinajstić information content (AvgIpc) is 2.18. The fourth-order valence-electron chi connectivity index (χ4n) is 0.903. The number of hydrogen-bond acceptors (Lipinski definition) is 3. The topological polar surface area (TPSA) is 83.2 Å². The normalized spacial score (nSPS) is 8.38. The molecule has 0 spiro atoms. The number of rotatable bonds is 7. The second-order valence-corrected chi connectivity index (χ2v) is 3.36. The van der Waals surface area contributed by atoms with Gasteiger partial charge in [0.25, 0.3) is 0 Å². The summed E-state index contributed by atoms with van der Waals surface area (Å²) in [6, 6.07) is 0. The Labute approximate surface area is 120 Å². The Kier molecular flexibility index (Phi) is 23.0. The van der Waals surface area contributed by atoms with Gasteiger partial charge in [-0.3, -0.25) is 4.79 Å². The zero-order valence-corrected chi connectivity index (χ0v) is 12.8.